The Morgan fingerprint density at radius 1 is 1.33 bits per heavy atom. The van der Waals surface area contributed by atoms with Crippen LogP contribution in [-0.4, -0.2) is 37.4 Å². The van der Waals surface area contributed by atoms with Crippen LogP contribution in [0.3, 0.4) is 0 Å². The van der Waals surface area contributed by atoms with Crippen LogP contribution in [0.25, 0.3) is 0 Å². The van der Waals surface area contributed by atoms with Gasteiger partial charge in [0.15, 0.2) is 0 Å². The summed E-state index contributed by atoms with van der Waals surface area (Å²) < 4.78 is 0. The summed E-state index contributed by atoms with van der Waals surface area (Å²) in [4.78, 5) is 12.8. The number of rotatable bonds is 2. The second kappa shape index (κ2) is 6.12. The third-order valence-electron chi connectivity index (χ3n) is 3.64. The molecule has 18 heavy (non-hydrogen) atoms. The van der Waals surface area contributed by atoms with Crippen LogP contribution in [0, 0.1) is 0 Å². The summed E-state index contributed by atoms with van der Waals surface area (Å²) in [6.45, 7) is 2.64. The van der Waals surface area contributed by atoms with Gasteiger partial charge in [0.05, 0.1) is 0 Å². The standard InChI is InChI=1S/C10H11NO.C5H11N/c11-10-5-9(10)8-3-1-2-7(4-8)6-12;1-6-4-2-3-5-6/h1-4,6,9-10H,5,11H2;2-5H2,1H3. The van der Waals surface area contributed by atoms with Gasteiger partial charge < -0.3 is 10.6 Å². The first kappa shape index (κ1) is 13.2. The molecule has 3 rings (SSSR count). The van der Waals surface area contributed by atoms with Crippen LogP contribution in [-0.2, 0) is 0 Å². The zero-order valence-electron chi connectivity index (χ0n) is 11.0. The molecule has 3 nitrogen and oxygen atoms in total. The number of nitrogens with zero attached hydrogens (tertiary/aromatic N) is 1. The van der Waals surface area contributed by atoms with Gasteiger partial charge in [-0.15, -0.1) is 0 Å². The summed E-state index contributed by atoms with van der Waals surface area (Å²) in [5.74, 6) is 0.491. The van der Waals surface area contributed by atoms with Crippen molar-refractivity contribution in [3.05, 3.63) is 35.4 Å². The first-order valence-electron chi connectivity index (χ1n) is 6.70. The maximum absolute atomic E-state index is 10.5. The average molecular weight is 246 g/mol. The minimum Gasteiger partial charge on any atom is -0.327 e. The Hall–Kier alpha value is -1.19. The van der Waals surface area contributed by atoms with Crippen molar-refractivity contribution in [3.63, 3.8) is 0 Å². The van der Waals surface area contributed by atoms with Gasteiger partial charge in [-0.25, -0.2) is 0 Å². The molecule has 98 valence electrons. The van der Waals surface area contributed by atoms with Crippen molar-refractivity contribution in [3.8, 4) is 0 Å². The van der Waals surface area contributed by atoms with Gasteiger partial charge in [-0.3, -0.25) is 4.79 Å². The van der Waals surface area contributed by atoms with E-state index in [0.29, 0.717) is 12.0 Å². The number of likely N-dealkylation sites (tertiary alicyclic amines) is 1. The molecular formula is C15H22N2O. The molecule has 1 saturated carbocycles. The van der Waals surface area contributed by atoms with Crippen molar-refractivity contribution < 1.29 is 4.79 Å². The molecule has 1 heterocycles. The summed E-state index contributed by atoms with van der Waals surface area (Å²) in [6, 6.07) is 7.98. The molecule has 2 N–H and O–H groups in total. The summed E-state index contributed by atoms with van der Waals surface area (Å²) >= 11 is 0. The van der Waals surface area contributed by atoms with E-state index in [2.05, 4.69) is 11.9 Å². The molecule has 2 aliphatic rings. The molecule has 0 bridgehead atoms. The van der Waals surface area contributed by atoms with E-state index >= 15 is 0 Å². The van der Waals surface area contributed by atoms with E-state index in [1.54, 1.807) is 0 Å². The first-order valence-corrected chi connectivity index (χ1v) is 6.70. The van der Waals surface area contributed by atoms with Crippen molar-refractivity contribution in [1.82, 2.24) is 4.90 Å². The number of nitrogens with two attached hydrogens (primary N) is 1. The highest BCUT2D eigenvalue weighted by Crippen LogP contribution is 2.38. The normalized spacial score (nSPS) is 26.3. The Balaban J connectivity index is 0.000000169. The lowest BCUT2D eigenvalue weighted by molar-refractivity contribution is 0.112. The highest BCUT2D eigenvalue weighted by atomic mass is 16.1. The van der Waals surface area contributed by atoms with E-state index in [4.69, 9.17) is 5.73 Å². The summed E-state index contributed by atoms with van der Waals surface area (Å²) in [5.41, 5.74) is 7.64. The van der Waals surface area contributed by atoms with Gasteiger partial charge in [-0.2, -0.15) is 0 Å². The zero-order chi connectivity index (χ0) is 13.0. The fourth-order valence-electron chi connectivity index (χ4n) is 2.34. The maximum Gasteiger partial charge on any atom is 0.150 e. The number of carbonyl (C=O) groups is 1. The molecule has 1 aliphatic heterocycles. The zero-order valence-corrected chi connectivity index (χ0v) is 11.0. The smallest absolute Gasteiger partial charge is 0.150 e. The predicted octanol–water partition coefficient (Wildman–Crippen LogP) is 2.03. The van der Waals surface area contributed by atoms with Gasteiger partial charge in [-0.05, 0) is 51.0 Å². The van der Waals surface area contributed by atoms with Gasteiger partial charge in [0, 0.05) is 17.5 Å². The third-order valence-corrected chi connectivity index (χ3v) is 3.64. The number of hydrogen-bond donors (Lipinski definition) is 1. The molecule has 2 unspecified atom stereocenters. The summed E-state index contributed by atoms with van der Waals surface area (Å²) in [5, 5.41) is 0. The second-order valence-corrected chi connectivity index (χ2v) is 5.30. The highest BCUT2D eigenvalue weighted by molar-refractivity contribution is 5.75. The largest absolute Gasteiger partial charge is 0.327 e. The molecule has 1 aromatic carbocycles. The van der Waals surface area contributed by atoms with Gasteiger partial charge in [0.25, 0.3) is 0 Å². The lowest BCUT2D eigenvalue weighted by Crippen LogP contribution is -2.10. The minimum absolute atomic E-state index is 0.312. The van der Waals surface area contributed by atoms with E-state index in [9.17, 15) is 4.79 Å². The van der Waals surface area contributed by atoms with Crippen LogP contribution in [0.5, 0.6) is 0 Å². The Bertz CT molecular complexity index is 399. The predicted molar refractivity (Wildman–Crippen MR) is 73.9 cm³/mol. The molecule has 1 saturated heterocycles. The van der Waals surface area contributed by atoms with Crippen molar-refractivity contribution in [2.45, 2.75) is 31.2 Å². The molecule has 3 heteroatoms. The van der Waals surface area contributed by atoms with E-state index in [0.717, 1.165) is 18.3 Å². The number of aldehydes is 1. The highest BCUT2D eigenvalue weighted by Gasteiger charge is 2.34. The Labute approximate surface area is 109 Å². The van der Waals surface area contributed by atoms with Crippen molar-refractivity contribution >= 4 is 6.29 Å². The number of hydrogen-bond acceptors (Lipinski definition) is 3. The van der Waals surface area contributed by atoms with Crippen molar-refractivity contribution in [2.24, 2.45) is 5.73 Å². The Morgan fingerprint density at radius 3 is 2.44 bits per heavy atom. The van der Waals surface area contributed by atoms with Crippen LogP contribution in [0.1, 0.15) is 41.1 Å². The van der Waals surface area contributed by atoms with E-state index < -0.39 is 0 Å². The molecule has 2 fully saturated rings. The van der Waals surface area contributed by atoms with Crippen molar-refractivity contribution in [2.75, 3.05) is 20.1 Å². The quantitative estimate of drug-likeness (QED) is 0.812. The minimum atomic E-state index is 0.312. The Morgan fingerprint density at radius 2 is 2.00 bits per heavy atom. The van der Waals surface area contributed by atoms with Crippen LogP contribution in [0.4, 0.5) is 0 Å². The monoisotopic (exact) mass is 246 g/mol. The number of benzene rings is 1. The molecule has 0 amide bonds. The van der Waals surface area contributed by atoms with Gasteiger partial charge in [0.1, 0.15) is 6.29 Å². The second-order valence-electron chi connectivity index (χ2n) is 5.30. The van der Waals surface area contributed by atoms with Crippen LogP contribution in [0.2, 0.25) is 0 Å². The molecular weight excluding hydrogens is 224 g/mol. The molecule has 1 aliphatic carbocycles. The average Bonchev–Trinajstić information content (AvgIpc) is 2.93. The fraction of sp³-hybridized carbons (Fsp3) is 0.533. The van der Waals surface area contributed by atoms with E-state index in [1.807, 2.05) is 24.3 Å². The SMILES string of the molecule is CN1CCCC1.NC1CC1c1cccc(C=O)c1. The van der Waals surface area contributed by atoms with Gasteiger partial charge >= 0.3 is 0 Å². The molecule has 2 atom stereocenters. The van der Waals surface area contributed by atoms with E-state index in [1.165, 1.54) is 31.5 Å². The molecule has 0 spiro atoms. The molecule has 0 radical (unpaired) electrons. The van der Waals surface area contributed by atoms with Crippen LogP contribution < -0.4 is 5.73 Å². The molecule has 1 aromatic rings. The fourth-order valence-corrected chi connectivity index (χ4v) is 2.34. The summed E-state index contributed by atoms with van der Waals surface area (Å²) in [6.07, 6.45) is 4.76. The van der Waals surface area contributed by atoms with Crippen LogP contribution in [0.15, 0.2) is 24.3 Å². The Kier molecular flexibility index (Phi) is 4.50. The lowest BCUT2D eigenvalue weighted by Gasteiger charge is -2.01. The van der Waals surface area contributed by atoms with Gasteiger partial charge in [-0.1, -0.05) is 18.2 Å². The number of carbonyl (C=O) groups excluding carboxylic acids is 1. The van der Waals surface area contributed by atoms with E-state index in [-0.39, 0.29) is 0 Å². The van der Waals surface area contributed by atoms with Crippen LogP contribution >= 0.6 is 0 Å². The maximum atomic E-state index is 10.5. The third kappa shape index (κ3) is 3.65. The molecule has 0 aromatic heterocycles. The van der Waals surface area contributed by atoms with Crippen molar-refractivity contribution in [1.29, 1.82) is 0 Å². The topological polar surface area (TPSA) is 46.3 Å². The summed E-state index contributed by atoms with van der Waals surface area (Å²) in [7, 11) is 2.17. The van der Waals surface area contributed by atoms with Gasteiger partial charge in [0.2, 0.25) is 0 Å². The lowest BCUT2D eigenvalue weighted by atomic mass is 10.1. The first-order chi connectivity index (χ1) is 8.70.